The lowest BCUT2D eigenvalue weighted by Gasteiger charge is -2.28. The van der Waals surface area contributed by atoms with Crippen molar-refractivity contribution in [1.82, 2.24) is 20.2 Å². The molecule has 0 amide bonds. The monoisotopic (exact) mass is 800 g/mol. The summed E-state index contributed by atoms with van der Waals surface area (Å²) in [7, 11) is 0. The van der Waals surface area contributed by atoms with Gasteiger partial charge in [-0.2, -0.15) is 0 Å². The number of carbonyl (C=O) groups is 2. The van der Waals surface area contributed by atoms with E-state index >= 15 is 0 Å². The van der Waals surface area contributed by atoms with Crippen molar-refractivity contribution in [3.8, 4) is 0 Å². The van der Waals surface area contributed by atoms with Crippen molar-refractivity contribution in [2.45, 2.75) is 87.8 Å². The summed E-state index contributed by atoms with van der Waals surface area (Å²) in [5, 5.41) is 3.64. The minimum Gasteiger partial charge on any atom is -0.460 e. The van der Waals surface area contributed by atoms with Gasteiger partial charge in [-0.3, -0.25) is 4.90 Å². The van der Waals surface area contributed by atoms with Crippen molar-refractivity contribution in [2.24, 2.45) is 0 Å². The molecular formula is C34H50Br2N4O8. The van der Waals surface area contributed by atoms with Gasteiger partial charge in [0.2, 0.25) is 23.3 Å². The third-order valence-electron chi connectivity index (χ3n) is 8.36. The van der Waals surface area contributed by atoms with Gasteiger partial charge in [0.25, 0.3) is 0 Å². The zero-order valence-electron chi connectivity index (χ0n) is 28.3. The highest BCUT2D eigenvalue weighted by molar-refractivity contribution is 9.09. The molecule has 0 unspecified atom stereocenters. The molecule has 2 aromatic rings. The third kappa shape index (κ3) is 11.5. The van der Waals surface area contributed by atoms with E-state index in [-0.39, 0.29) is 15.8 Å². The smallest absolute Gasteiger partial charge is 0.376 e. The Labute approximate surface area is 300 Å². The van der Waals surface area contributed by atoms with Crippen molar-refractivity contribution in [1.29, 1.82) is 0 Å². The van der Waals surface area contributed by atoms with Gasteiger partial charge in [-0.25, -0.2) is 19.6 Å². The number of oxazole rings is 2. The molecule has 4 aliphatic rings. The SMILES string of the molecule is C1COCCN1.CCOC(=O)c1oc(C2(Br)CCCCC2)nc1CBr.CCOC(=O)c1oc(C2=CCCCC2)nc1CN1CCOCC1. The first kappa shape index (κ1) is 38.7. The summed E-state index contributed by atoms with van der Waals surface area (Å²) < 4.78 is 31.8. The van der Waals surface area contributed by atoms with Gasteiger partial charge in [0.05, 0.1) is 39.6 Å². The number of hydrogen-bond donors (Lipinski definition) is 1. The number of allylic oxidation sites excluding steroid dienone is 2. The number of rotatable bonds is 9. The van der Waals surface area contributed by atoms with Crippen molar-refractivity contribution < 1.29 is 37.4 Å². The van der Waals surface area contributed by atoms with Crippen LogP contribution >= 0.6 is 31.9 Å². The Kier molecular flexibility index (Phi) is 16.6. The molecule has 2 aliphatic carbocycles. The summed E-state index contributed by atoms with van der Waals surface area (Å²) in [6, 6.07) is 0. The van der Waals surface area contributed by atoms with Crippen LogP contribution in [-0.4, -0.2) is 92.6 Å². The van der Waals surface area contributed by atoms with Crippen molar-refractivity contribution in [3.63, 3.8) is 0 Å². The highest BCUT2D eigenvalue weighted by Gasteiger charge is 2.37. The van der Waals surface area contributed by atoms with Gasteiger partial charge in [-0.1, -0.05) is 57.2 Å². The molecule has 0 aromatic carbocycles. The fraction of sp³-hybridized carbons (Fsp3) is 0.706. The second-order valence-electron chi connectivity index (χ2n) is 11.9. The maximum Gasteiger partial charge on any atom is 0.376 e. The average Bonchev–Trinajstić information content (AvgIpc) is 3.77. The predicted octanol–water partition coefficient (Wildman–Crippen LogP) is 6.55. The predicted molar refractivity (Wildman–Crippen MR) is 187 cm³/mol. The topological polar surface area (TPSA) is 138 Å². The second kappa shape index (κ2) is 20.5. The summed E-state index contributed by atoms with van der Waals surface area (Å²) in [5.41, 5.74) is 2.39. The summed E-state index contributed by atoms with van der Waals surface area (Å²) in [6.45, 7) is 11.8. The van der Waals surface area contributed by atoms with Crippen LogP contribution in [0.1, 0.15) is 116 Å². The minimum absolute atomic E-state index is 0.220. The van der Waals surface area contributed by atoms with E-state index in [2.05, 4.69) is 58.1 Å². The second-order valence-corrected chi connectivity index (χ2v) is 14.0. The van der Waals surface area contributed by atoms with Crippen LogP contribution in [0.5, 0.6) is 0 Å². The molecule has 268 valence electrons. The van der Waals surface area contributed by atoms with E-state index in [4.69, 9.17) is 27.8 Å². The molecule has 1 saturated carbocycles. The maximum atomic E-state index is 12.2. The molecule has 1 N–H and O–H groups in total. The first-order valence-electron chi connectivity index (χ1n) is 17.3. The lowest BCUT2D eigenvalue weighted by atomic mass is 9.89. The summed E-state index contributed by atoms with van der Waals surface area (Å²) in [6.07, 6.45) is 12.0. The number of halogens is 2. The van der Waals surface area contributed by atoms with Crippen LogP contribution < -0.4 is 5.32 Å². The number of nitrogens with one attached hydrogen (secondary N) is 1. The highest BCUT2D eigenvalue weighted by atomic mass is 79.9. The summed E-state index contributed by atoms with van der Waals surface area (Å²) >= 11 is 7.08. The molecule has 0 atom stereocenters. The number of nitrogens with zero attached hydrogens (tertiary/aromatic N) is 3. The summed E-state index contributed by atoms with van der Waals surface area (Å²) in [5.74, 6) is 0.784. The summed E-state index contributed by atoms with van der Waals surface area (Å²) in [4.78, 5) is 35.3. The minimum atomic E-state index is -0.442. The van der Waals surface area contributed by atoms with Gasteiger partial charge in [0.1, 0.15) is 15.7 Å². The number of carbonyl (C=O) groups excluding carboxylic acids is 2. The molecule has 4 heterocycles. The maximum absolute atomic E-state index is 12.2. The number of alkyl halides is 2. The Hall–Kier alpha value is -2.10. The molecule has 12 nitrogen and oxygen atoms in total. The number of aromatic nitrogens is 2. The van der Waals surface area contributed by atoms with Crippen LogP contribution in [0.2, 0.25) is 0 Å². The van der Waals surface area contributed by atoms with E-state index in [1.807, 2.05) is 0 Å². The fourth-order valence-corrected chi connectivity index (χ4v) is 6.90. The molecule has 14 heteroatoms. The molecule has 0 spiro atoms. The molecule has 0 radical (unpaired) electrons. The molecule has 2 aliphatic heterocycles. The average molecular weight is 803 g/mol. The van der Waals surface area contributed by atoms with E-state index in [0.717, 1.165) is 89.9 Å². The fourth-order valence-electron chi connectivity index (χ4n) is 5.79. The Morgan fingerprint density at radius 2 is 1.52 bits per heavy atom. The van der Waals surface area contributed by atoms with Crippen molar-refractivity contribution in [3.05, 3.63) is 40.8 Å². The molecular weight excluding hydrogens is 752 g/mol. The van der Waals surface area contributed by atoms with Crippen LogP contribution in [-0.2, 0) is 35.1 Å². The molecule has 48 heavy (non-hydrogen) atoms. The van der Waals surface area contributed by atoms with Gasteiger partial charge in [-0.05, 0) is 52.4 Å². The van der Waals surface area contributed by atoms with E-state index in [1.54, 1.807) is 13.8 Å². The molecule has 2 saturated heterocycles. The Morgan fingerprint density at radius 1 is 0.875 bits per heavy atom. The number of morpholine rings is 2. The Morgan fingerprint density at radius 3 is 2.06 bits per heavy atom. The lowest BCUT2D eigenvalue weighted by Crippen LogP contribution is -2.36. The number of ether oxygens (including phenoxy) is 4. The van der Waals surface area contributed by atoms with Crippen molar-refractivity contribution in [2.75, 3.05) is 65.8 Å². The van der Waals surface area contributed by atoms with Gasteiger partial charge >= 0.3 is 11.9 Å². The van der Waals surface area contributed by atoms with E-state index in [0.29, 0.717) is 61.5 Å². The largest absolute Gasteiger partial charge is 0.460 e. The first-order chi connectivity index (χ1) is 23.4. The van der Waals surface area contributed by atoms with Crippen LogP contribution in [0.25, 0.3) is 5.57 Å². The Bertz CT molecular complexity index is 1300. The Balaban J connectivity index is 0.000000187. The van der Waals surface area contributed by atoms with E-state index in [1.165, 1.54) is 12.8 Å². The standard InChI is InChI=1S/C17H24N2O4.C13H17Br2NO3.C4H9NO/c1-2-22-17(20)15-14(12-19-8-10-21-11-9-19)18-16(23-15)13-6-4-3-5-7-13;1-2-18-11(17)10-9(8-14)16-12(19-10)13(15)6-4-3-5-7-13;1-3-6-4-2-5-1/h6H,2-5,7-12H2,1H3;2-8H2,1H3;5H,1-4H2. The molecule has 2 aromatic heterocycles. The van der Waals surface area contributed by atoms with E-state index in [9.17, 15) is 9.59 Å². The zero-order chi connectivity index (χ0) is 34.2. The molecule has 6 rings (SSSR count). The van der Waals surface area contributed by atoms with Crippen molar-refractivity contribution >= 4 is 49.4 Å². The van der Waals surface area contributed by atoms with Crippen LogP contribution in [0.4, 0.5) is 0 Å². The van der Waals surface area contributed by atoms with Gasteiger partial charge in [0, 0.05) is 43.6 Å². The molecule has 3 fully saturated rings. The van der Waals surface area contributed by atoms with E-state index < -0.39 is 11.9 Å². The van der Waals surface area contributed by atoms with Gasteiger partial charge in [0.15, 0.2) is 0 Å². The van der Waals surface area contributed by atoms with Gasteiger partial charge in [-0.15, -0.1) is 0 Å². The highest BCUT2D eigenvalue weighted by Crippen LogP contribution is 2.44. The number of esters is 2. The van der Waals surface area contributed by atoms with Crippen LogP contribution in [0.3, 0.4) is 0 Å². The van der Waals surface area contributed by atoms with Crippen LogP contribution in [0, 0.1) is 0 Å². The first-order valence-corrected chi connectivity index (χ1v) is 19.2. The quantitative estimate of drug-likeness (QED) is 0.218. The third-order valence-corrected chi connectivity index (χ3v) is 10.0. The molecule has 0 bridgehead atoms. The normalized spacial score (nSPS) is 19.5. The lowest BCUT2D eigenvalue weighted by molar-refractivity contribution is 0.0327. The zero-order valence-corrected chi connectivity index (χ0v) is 31.5. The van der Waals surface area contributed by atoms with Crippen LogP contribution in [0.15, 0.2) is 14.9 Å². The van der Waals surface area contributed by atoms with Gasteiger partial charge < -0.3 is 33.1 Å². The number of hydrogen-bond acceptors (Lipinski definition) is 12.